The minimum absolute atomic E-state index is 0.0710. The van der Waals surface area contributed by atoms with Gasteiger partial charge in [0, 0.05) is 23.4 Å². The van der Waals surface area contributed by atoms with Gasteiger partial charge in [-0.05, 0) is 43.9 Å². The quantitative estimate of drug-likeness (QED) is 0.344. The highest BCUT2D eigenvalue weighted by Gasteiger charge is 2.49. The number of nitrogens with zero attached hydrogens (tertiary/aromatic N) is 1. The molecule has 3 atom stereocenters. The van der Waals surface area contributed by atoms with Crippen LogP contribution in [0.25, 0.3) is 0 Å². The van der Waals surface area contributed by atoms with Crippen molar-refractivity contribution in [2.75, 3.05) is 5.88 Å². The Morgan fingerprint density at radius 2 is 1.64 bits per heavy atom. The SMILES string of the molecule is Cc1ccccc1CNC(=O)[C@H]1N(C(=O)[C@@H](O)[C@H](Cc2ccccc2)NC(=O)c2c(F)cc(F)cc2F)CSC1(C)C. The van der Waals surface area contributed by atoms with Gasteiger partial charge in [-0.1, -0.05) is 54.6 Å². The van der Waals surface area contributed by atoms with Crippen LogP contribution < -0.4 is 10.6 Å². The highest BCUT2D eigenvalue weighted by Crippen LogP contribution is 2.40. The van der Waals surface area contributed by atoms with Gasteiger partial charge in [-0.25, -0.2) is 13.2 Å². The van der Waals surface area contributed by atoms with E-state index in [1.807, 2.05) is 45.0 Å². The summed E-state index contributed by atoms with van der Waals surface area (Å²) < 4.78 is 41.5. The molecule has 0 aliphatic carbocycles. The van der Waals surface area contributed by atoms with Gasteiger partial charge in [-0.2, -0.15) is 0 Å². The monoisotopic (exact) mass is 599 g/mol. The second-order valence-electron chi connectivity index (χ2n) is 10.7. The second-order valence-corrected chi connectivity index (χ2v) is 12.3. The molecule has 0 radical (unpaired) electrons. The number of nitrogens with one attached hydrogen (secondary N) is 2. The van der Waals surface area contributed by atoms with E-state index in [0.717, 1.165) is 11.1 Å². The predicted octanol–water partition coefficient (Wildman–Crippen LogP) is 4.11. The van der Waals surface area contributed by atoms with E-state index in [9.17, 15) is 32.7 Å². The van der Waals surface area contributed by atoms with Crippen LogP contribution in [0.1, 0.15) is 40.9 Å². The third-order valence-electron chi connectivity index (χ3n) is 7.27. The molecule has 1 aliphatic rings. The summed E-state index contributed by atoms with van der Waals surface area (Å²) in [5.74, 6) is -6.45. The van der Waals surface area contributed by atoms with Gasteiger partial charge in [0.15, 0.2) is 6.10 Å². The Morgan fingerprint density at radius 3 is 2.29 bits per heavy atom. The molecule has 3 aromatic carbocycles. The molecule has 222 valence electrons. The van der Waals surface area contributed by atoms with Crippen LogP contribution in [-0.2, 0) is 22.6 Å². The van der Waals surface area contributed by atoms with Crippen LogP contribution in [0.15, 0.2) is 66.7 Å². The van der Waals surface area contributed by atoms with Gasteiger partial charge in [0.25, 0.3) is 11.8 Å². The average molecular weight is 600 g/mol. The number of aliphatic hydroxyl groups excluding tert-OH is 1. The van der Waals surface area contributed by atoms with Gasteiger partial charge in [-0.15, -0.1) is 11.8 Å². The standard InChI is InChI=1S/C31H32F3N3O4S/c1-18-9-7-8-12-20(18)16-35-29(40)27-31(2,3)42-17-37(27)30(41)26(38)24(13-19-10-5-4-6-11-19)36-28(39)25-22(33)14-21(32)15-23(25)34/h4-12,14-15,24,26-27,38H,13,16-17H2,1-3H3,(H,35,40)(H,36,39)/t24-,26-,27+/m0/s1. The van der Waals surface area contributed by atoms with E-state index in [2.05, 4.69) is 10.6 Å². The first-order valence-electron chi connectivity index (χ1n) is 13.3. The Kier molecular flexibility index (Phi) is 9.63. The molecule has 0 aromatic heterocycles. The average Bonchev–Trinajstić information content (AvgIpc) is 3.26. The van der Waals surface area contributed by atoms with Crippen molar-refractivity contribution in [1.82, 2.24) is 15.5 Å². The van der Waals surface area contributed by atoms with Crippen LogP contribution in [0.3, 0.4) is 0 Å². The first kappa shape index (κ1) is 31.1. The number of aryl methyl sites for hydroxylation is 1. The van der Waals surface area contributed by atoms with Crippen molar-refractivity contribution in [3.05, 3.63) is 106 Å². The molecule has 0 unspecified atom stereocenters. The van der Waals surface area contributed by atoms with Crippen LogP contribution in [0.5, 0.6) is 0 Å². The van der Waals surface area contributed by atoms with E-state index in [4.69, 9.17) is 0 Å². The molecule has 1 fully saturated rings. The Labute approximate surface area is 246 Å². The Bertz CT molecular complexity index is 1450. The van der Waals surface area contributed by atoms with Crippen LogP contribution >= 0.6 is 11.8 Å². The Balaban J connectivity index is 1.57. The van der Waals surface area contributed by atoms with E-state index < -0.39 is 63.7 Å². The lowest BCUT2D eigenvalue weighted by atomic mass is 9.96. The van der Waals surface area contributed by atoms with E-state index in [1.54, 1.807) is 30.3 Å². The second kappa shape index (κ2) is 13.0. The molecule has 3 amide bonds. The van der Waals surface area contributed by atoms with Gasteiger partial charge in [0.1, 0.15) is 29.1 Å². The summed E-state index contributed by atoms with van der Waals surface area (Å²) in [7, 11) is 0. The fourth-order valence-electron chi connectivity index (χ4n) is 4.95. The van der Waals surface area contributed by atoms with E-state index in [0.29, 0.717) is 17.7 Å². The number of amides is 3. The number of thioether (sulfide) groups is 1. The molecule has 42 heavy (non-hydrogen) atoms. The van der Waals surface area contributed by atoms with Gasteiger partial charge in [0.05, 0.1) is 11.9 Å². The highest BCUT2D eigenvalue weighted by atomic mass is 32.2. The maximum Gasteiger partial charge on any atom is 0.257 e. The number of hydrogen-bond acceptors (Lipinski definition) is 5. The first-order chi connectivity index (χ1) is 19.9. The van der Waals surface area contributed by atoms with Crippen LogP contribution in [0.4, 0.5) is 13.2 Å². The molecule has 1 heterocycles. The largest absolute Gasteiger partial charge is 0.381 e. The van der Waals surface area contributed by atoms with Gasteiger partial charge in [0.2, 0.25) is 5.91 Å². The number of aliphatic hydroxyl groups is 1. The lowest BCUT2D eigenvalue weighted by Crippen LogP contribution is -2.58. The minimum atomic E-state index is -1.87. The molecule has 3 aromatic rings. The van der Waals surface area contributed by atoms with Crippen molar-refractivity contribution >= 4 is 29.5 Å². The van der Waals surface area contributed by atoms with Crippen LogP contribution in [-0.4, -0.2) is 56.5 Å². The van der Waals surface area contributed by atoms with Gasteiger partial charge >= 0.3 is 0 Å². The molecule has 7 nitrogen and oxygen atoms in total. The first-order valence-corrected chi connectivity index (χ1v) is 14.3. The number of carbonyl (C=O) groups excluding carboxylic acids is 3. The maximum atomic E-state index is 14.4. The fraction of sp³-hybridized carbons (Fsp3) is 0.323. The molecule has 0 bridgehead atoms. The number of carbonyl (C=O) groups is 3. The molecule has 11 heteroatoms. The smallest absolute Gasteiger partial charge is 0.257 e. The zero-order chi connectivity index (χ0) is 30.6. The summed E-state index contributed by atoms with van der Waals surface area (Å²) in [5.41, 5.74) is 1.49. The zero-order valence-corrected chi connectivity index (χ0v) is 24.2. The van der Waals surface area contributed by atoms with Crippen molar-refractivity contribution in [2.24, 2.45) is 0 Å². The summed E-state index contributed by atoms with van der Waals surface area (Å²) in [5, 5.41) is 16.5. The number of halogens is 3. The van der Waals surface area contributed by atoms with Crippen molar-refractivity contribution < 1.29 is 32.7 Å². The lowest BCUT2D eigenvalue weighted by Gasteiger charge is -2.33. The summed E-state index contributed by atoms with van der Waals surface area (Å²) in [6, 6.07) is 14.6. The van der Waals surface area contributed by atoms with Crippen LogP contribution in [0, 0.1) is 24.4 Å². The number of benzene rings is 3. The third kappa shape index (κ3) is 6.96. The zero-order valence-electron chi connectivity index (χ0n) is 23.4. The van der Waals surface area contributed by atoms with E-state index in [1.165, 1.54) is 16.7 Å². The number of rotatable bonds is 9. The molecule has 0 spiro atoms. The maximum absolute atomic E-state index is 14.4. The predicted molar refractivity (Wildman–Crippen MR) is 154 cm³/mol. The summed E-state index contributed by atoms with van der Waals surface area (Å²) in [4.78, 5) is 41.4. The normalized spacial score (nSPS) is 17.4. The van der Waals surface area contributed by atoms with Crippen molar-refractivity contribution in [2.45, 2.75) is 56.7 Å². The minimum Gasteiger partial charge on any atom is -0.381 e. The molecular weight excluding hydrogens is 567 g/mol. The molecule has 0 saturated carbocycles. The highest BCUT2D eigenvalue weighted by molar-refractivity contribution is 8.00. The van der Waals surface area contributed by atoms with Gasteiger partial charge in [-0.3, -0.25) is 14.4 Å². The van der Waals surface area contributed by atoms with Crippen LogP contribution in [0.2, 0.25) is 0 Å². The van der Waals surface area contributed by atoms with Crippen molar-refractivity contribution in [3.63, 3.8) is 0 Å². The van der Waals surface area contributed by atoms with Gasteiger partial charge < -0.3 is 20.6 Å². The Morgan fingerprint density at radius 1 is 1.02 bits per heavy atom. The molecular formula is C31H32F3N3O4S. The molecule has 3 N–H and O–H groups in total. The summed E-state index contributed by atoms with van der Waals surface area (Å²) >= 11 is 1.36. The molecule has 1 saturated heterocycles. The van der Waals surface area contributed by atoms with Crippen molar-refractivity contribution in [1.29, 1.82) is 0 Å². The summed E-state index contributed by atoms with van der Waals surface area (Å²) in [6.45, 7) is 5.81. The third-order valence-corrected chi connectivity index (χ3v) is 8.65. The topological polar surface area (TPSA) is 98.7 Å². The van der Waals surface area contributed by atoms with Crippen molar-refractivity contribution in [3.8, 4) is 0 Å². The fourth-order valence-corrected chi connectivity index (χ4v) is 6.09. The van der Waals surface area contributed by atoms with E-state index >= 15 is 0 Å². The molecule has 1 aliphatic heterocycles. The lowest BCUT2D eigenvalue weighted by molar-refractivity contribution is -0.147. The number of hydrogen-bond donors (Lipinski definition) is 3. The van der Waals surface area contributed by atoms with E-state index in [-0.39, 0.29) is 18.8 Å². The molecule has 4 rings (SSSR count). The summed E-state index contributed by atoms with van der Waals surface area (Å²) in [6.07, 6.45) is -1.94. The Hall–Kier alpha value is -3.83.